The second kappa shape index (κ2) is 8.18. The van der Waals surface area contributed by atoms with Crippen LogP contribution in [0.25, 0.3) is 0 Å². The molecule has 5 heteroatoms. The Morgan fingerprint density at radius 2 is 2.00 bits per heavy atom. The Balaban J connectivity index is 1.50. The van der Waals surface area contributed by atoms with Crippen LogP contribution >= 0.6 is 0 Å². The molecule has 2 aliphatic rings. The number of likely N-dealkylation sites (N-methyl/N-ethyl adjacent to an activating group) is 1. The highest BCUT2D eigenvalue weighted by Gasteiger charge is 2.27. The van der Waals surface area contributed by atoms with Gasteiger partial charge in [-0.2, -0.15) is 0 Å². The second-order valence-corrected chi connectivity index (χ2v) is 6.66. The van der Waals surface area contributed by atoms with Gasteiger partial charge in [-0.25, -0.2) is 4.79 Å². The molecule has 0 aromatic heterocycles. The molecule has 1 heterocycles. The van der Waals surface area contributed by atoms with Crippen LogP contribution in [0.2, 0.25) is 0 Å². The number of hydrogen-bond donors (Lipinski definition) is 1. The third kappa shape index (κ3) is 4.28. The number of urea groups is 1. The fraction of sp³-hybridized carbons (Fsp3) is 0.579. The minimum absolute atomic E-state index is 0.0289. The maximum absolute atomic E-state index is 12.5. The predicted octanol–water partition coefficient (Wildman–Crippen LogP) is 3.54. The molecule has 1 aromatic rings. The molecule has 5 nitrogen and oxygen atoms in total. The molecule has 0 bridgehead atoms. The van der Waals surface area contributed by atoms with E-state index in [0.717, 1.165) is 30.5 Å². The predicted molar refractivity (Wildman–Crippen MR) is 95.1 cm³/mol. The molecule has 1 aromatic carbocycles. The van der Waals surface area contributed by atoms with Crippen molar-refractivity contribution in [2.24, 2.45) is 5.16 Å². The number of amides is 2. The van der Waals surface area contributed by atoms with E-state index in [0.29, 0.717) is 19.1 Å². The fourth-order valence-corrected chi connectivity index (χ4v) is 3.44. The average Bonchev–Trinajstić information content (AvgIpc) is 3.10. The summed E-state index contributed by atoms with van der Waals surface area (Å²) >= 11 is 0. The molecule has 1 saturated carbocycles. The lowest BCUT2D eigenvalue weighted by atomic mass is 9.96. The standard InChI is InChI=1S/C19H27N3O2/c1-2-22(19(23)20-16-11-7-4-8-12-16)14-17-13-18(21-24-17)15-9-5-3-6-10-15/h3,5-6,9-10,16-17H,2,4,7-8,11-14H2,1H3,(H,20,23). The molecule has 1 N–H and O–H groups in total. The third-order valence-electron chi connectivity index (χ3n) is 4.87. The van der Waals surface area contributed by atoms with Gasteiger partial charge < -0.3 is 15.1 Å². The van der Waals surface area contributed by atoms with Crippen molar-refractivity contribution in [1.82, 2.24) is 10.2 Å². The zero-order valence-electron chi connectivity index (χ0n) is 14.4. The number of nitrogens with one attached hydrogen (secondary N) is 1. The topological polar surface area (TPSA) is 53.9 Å². The number of nitrogens with zero attached hydrogens (tertiary/aromatic N) is 2. The molecule has 1 aliphatic heterocycles. The van der Waals surface area contributed by atoms with Gasteiger partial charge in [0.2, 0.25) is 0 Å². The highest BCUT2D eigenvalue weighted by Crippen LogP contribution is 2.19. The van der Waals surface area contributed by atoms with Gasteiger partial charge in [0.1, 0.15) is 0 Å². The first-order chi connectivity index (χ1) is 11.8. The van der Waals surface area contributed by atoms with Gasteiger partial charge in [-0.1, -0.05) is 54.8 Å². The summed E-state index contributed by atoms with van der Waals surface area (Å²) < 4.78 is 0. The molecule has 0 saturated heterocycles. The molecule has 2 amide bonds. The first-order valence-corrected chi connectivity index (χ1v) is 9.10. The van der Waals surface area contributed by atoms with Crippen LogP contribution in [0.1, 0.15) is 51.0 Å². The lowest BCUT2D eigenvalue weighted by Gasteiger charge is -2.28. The smallest absolute Gasteiger partial charge is 0.317 e. The van der Waals surface area contributed by atoms with Crippen LogP contribution in [0.15, 0.2) is 35.5 Å². The summed E-state index contributed by atoms with van der Waals surface area (Å²) in [6, 6.07) is 10.4. The molecule has 1 aliphatic carbocycles. The van der Waals surface area contributed by atoms with Crippen molar-refractivity contribution in [1.29, 1.82) is 0 Å². The molecule has 1 atom stereocenters. The Morgan fingerprint density at radius 1 is 1.25 bits per heavy atom. The van der Waals surface area contributed by atoms with Gasteiger partial charge in [0.05, 0.1) is 12.3 Å². The second-order valence-electron chi connectivity index (χ2n) is 6.66. The monoisotopic (exact) mass is 329 g/mol. The van der Waals surface area contributed by atoms with Crippen molar-refractivity contribution >= 4 is 11.7 Å². The quantitative estimate of drug-likeness (QED) is 0.898. The van der Waals surface area contributed by atoms with Crippen LogP contribution < -0.4 is 5.32 Å². The van der Waals surface area contributed by atoms with E-state index in [-0.39, 0.29) is 12.1 Å². The van der Waals surface area contributed by atoms with E-state index in [2.05, 4.69) is 10.5 Å². The highest BCUT2D eigenvalue weighted by atomic mass is 16.6. The Hall–Kier alpha value is -2.04. The first kappa shape index (κ1) is 16.8. The lowest BCUT2D eigenvalue weighted by Crippen LogP contribution is -2.47. The van der Waals surface area contributed by atoms with E-state index in [1.54, 1.807) is 0 Å². The molecule has 0 radical (unpaired) electrons. The summed E-state index contributed by atoms with van der Waals surface area (Å²) in [4.78, 5) is 19.9. The number of carbonyl (C=O) groups is 1. The summed E-state index contributed by atoms with van der Waals surface area (Å²) in [5, 5.41) is 7.39. The maximum atomic E-state index is 12.5. The normalized spacial score (nSPS) is 21.0. The van der Waals surface area contributed by atoms with E-state index >= 15 is 0 Å². The van der Waals surface area contributed by atoms with Crippen molar-refractivity contribution in [3.8, 4) is 0 Å². The highest BCUT2D eigenvalue weighted by molar-refractivity contribution is 6.01. The van der Waals surface area contributed by atoms with Crippen molar-refractivity contribution < 1.29 is 9.63 Å². The van der Waals surface area contributed by atoms with Gasteiger partial charge in [-0.15, -0.1) is 0 Å². The Morgan fingerprint density at radius 3 is 2.71 bits per heavy atom. The summed E-state index contributed by atoms with van der Waals surface area (Å²) in [6.45, 7) is 3.27. The van der Waals surface area contributed by atoms with Gasteiger partial charge in [-0.05, 0) is 25.3 Å². The molecule has 0 spiro atoms. The van der Waals surface area contributed by atoms with E-state index in [9.17, 15) is 4.79 Å². The van der Waals surface area contributed by atoms with E-state index in [4.69, 9.17) is 4.84 Å². The van der Waals surface area contributed by atoms with Gasteiger partial charge in [0, 0.05) is 19.0 Å². The minimum Gasteiger partial charge on any atom is -0.390 e. The number of carbonyl (C=O) groups excluding carboxylic acids is 1. The summed E-state index contributed by atoms with van der Waals surface area (Å²) in [6.07, 6.45) is 6.62. The molecule has 130 valence electrons. The summed E-state index contributed by atoms with van der Waals surface area (Å²) in [7, 11) is 0. The molecular weight excluding hydrogens is 302 g/mol. The molecule has 1 unspecified atom stereocenters. The lowest BCUT2D eigenvalue weighted by molar-refractivity contribution is 0.0610. The number of oxime groups is 1. The summed E-state index contributed by atoms with van der Waals surface area (Å²) in [5.74, 6) is 0. The minimum atomic E-state index is -0.0581. The van der Waals surface area contributed by atoms with Crippen LogP contribution in [0.5, 0.6) is 0 Å². The largest absolute Gasteiger partial charge is 0.390 e. The zero-order valence-corrected chi connectivity index (χ0v) is 14.4. The molecular formula is C19H27N3O2. The van der Waals surface area contributed by atoms with Crippen molar-refractivity contribution in [3.05, 3.63) is 35.9 Å². The molecule has 1 fully saturated rings. The number of hydrogen-bond acceptors (Lipinski definition) is 3. The Kier molecular flexibility index (Phi) is 5.72. The zero-order chi connectivity index (χ0) is 16.8. The Labute approximate surface area is 144 Å². The number of rotatable bonds is 5. The first-order valence-electron chi connectivity index (χ1n) is 9.10. The van der Waals surface area contributed by atoms with Crippen LogP contribution in [0, 0.1) is 0 Å². The number of benzene rings is 1. The maximum Gasteiger partial charge on any atom is 0.317 e. The average molecular weight is 329 g/mol. The van der Waals surface area contributed by atoms with Gasteiger partial charge in [-0.3, -0.25) is 0 Å². The SMILES string of the molecule is CCN(CC1CC(c2ccccc2)=NO1)C(=O)NC1CCCCC1. The van der Waals surface area contributed by atoms with Crippen molar-refractivity contribution in [2.45, 2.75) is 57.6 Å². The van der Waals surface area contributed by atoms with Crippen molar-refractivity contribution in [3.63, 3.8) is 0 Å². The van der Waals surface area contributed by atoms with Gasteiger partial charge in [0.25, 0.3) is 0 Å². The van der Waals surface area contributed by atoms with E-state index in [1.165, 1.54) is 19.3 Å². The molecule has 3 rings (SSSR count). The van der Waals surface area contributed by atoms with E-state index in [1.807, 2.05) is 42.2 Å². The van der Waals surface area contributed by atoms with Gasteiger partial charge in [0.15, 0.2) is 6.10 Å². The van der Waals surface area contributed by atoms with E-state index < -0.39 is 0 Å². The van der Waals surface area contributed by atoms with Crippen LogP contribution in [-0.4, -0.2) is 41.9 Å². The Bertz CT molecular complexity index is 567. The van der Waals surface area contributed by atoms with Gasteiger partial charge >= 0.3 is 6.03 Å². The fourth-order valence-electron chi connectivity index (χ4n) is 3.44. The third-order valence-corrected chi connectivity index (χ3v) is 4.87. The van der Waals surface area contributed by atoms with Crippen LogP contribution in [-0.2, 0) is 4.84 Å². The summed E-state index contributed by atoms with van der Waals surface area (Å²) in [5.41, 5.74) is 2.05. The van der Waals surface area contributed by atoms with Crippen molar-refractivity contribution in [2.75, 3.05) is 13.1 Å². The van der Waals surface area contributed by atoms with Crippen LogP contribution in [0.4, 0.5) is 4.79 Å². The molecule has 24 heavy (non-hydrogen) atoms. The van der Waals surface area contributed by atoms with Crippen LogP contribution in [0.3, 0.4) is 0 Å².